The van der Waals surface area contributed by atoms with Crippen LogP contribution >= 0.6 is 0 Å². The van der Waals surface area contributed by atoms with E-state index in [-0.39, 0.29) is 6.29 Å². The van der Waals surface area contributed by atoms with E-state index in [0.29, 0.717) is 0 Å². The summed E-state index contributed by atoms with van der Waals surface area (Å²) in [7, 11) is 5.42. The Morgan fingerprint density at radius 3 is 2.33 bits per heavy atom. The Labute approximate surface area is 92.9 Å². The topological polar surface area (TPSA) is 33.7 Å². The minimum absolute atomic E-state index is 0.0779. The van der Waals surface area contributed by atoms with Gasteiger partial charge in [-0.1, -0.05) is 0 Å². The van der Waals surface area contributed by atoms with E-state index in [1.807, 2.05) is 7.05 Å². The van der Waals surface area contributed by atoms with Gasteiger partial charge in [-0.2, -0.15) is 0 Å². The molecule has 0 amide bonds. The van der Waals surface area contributed by atoms with Crippen LogP contribution in [-0.4, -0.2) is 58.6 Å². The quantitative estimate of drug-likeness (QED) is 0.657. The van der Waals surface area contributed by atoms with Crippen LogP contribution in [0.2, 0.25) is 0 Å². The molecule has 0 aromatic carbocycles. The number of ether oxygens (including phenoxy) is 2. The van der Waals surface area contributed by atoms with Crippen molar-refractivity contribution in [1.82, 2.24) is 10.2 Å². The van der Waals surface area contributed by atoms with Gasteiger partial charge in [0.2, 0.25) is 0 Å². The second-order valence-corrected chi connectivity index (χ2v) is 4.20. The lowest BCUT2D eigenvalue weighted by Crippen LogP contribution is -2.41. The molecule has 4 nitrogen and oxygen atoms in total. The third-order valence-electron chi connectivity index (χ3n) is 3.13. The number of rotatable bonds is 6. The fraction of sp³-hybridized carbons (Fsp3) is 1.00. The lowest BCUT2D eigenvalue weighted by atomic mass is 9.97. The summed E-state index contributed by atoms with van der Waals surface area (Å²) in [4.78, 5) is 2.42. The third-order valence-corrected chi connectivity index (χ3v) is 3.13. The molecule has 4 heteroatoms. The number of methoxy groups -OCH3 is 2. The van der Waals surface area contributed by atoms with Gasteiger partial charge in [0, 0.05) is 20.8 Å². The molecule has 0 saturated carbocycles. The van der Waals surface area contributed by atoms with Crippen molar-refractivity contribution in [3.8, 4) is 0 Å². The molecule has 0 aromatic heterocycles. The van der Waals surface area contributed by atoms with Crippen molar-refractivity contribution in [3.05, 3.63) is 0 Å². The van der Waals surface area contributed by atoms with Gasteiger partial charge in [0.05, 0.1) is 0 Å². The molecule has 1 heterocycles. The lowest BCUT2D eigenvalue weighted by Gasteiger charge is -2.33. The number of nitrogens with zero attached hydrogens (tertiary/aromatic N) is 1. The molecule has 0 atom stereocenters. The zero-order chi connectivity index (χ0) is 11.1. The highest BCUT2D eigenvalue weighted by molar-refractivity contribution is 4.73. The monoisotopic (exact) mass is 216 g/mol. The fourth-order valence-corrected chi connectivity index (χ4v) is 2.12. The largest absolute Gasteiger partial charge is 0.355 e. The van der Waals surface area contributed by atoms with Crippen LogP contribution in [0.4, 0.5) is 0 Å². The molecule has 1 aliphatic heterocycles. The van der Waals surface area contributed by atoms with Gasteiger partial charge in [-0.05, 0) is 45.4 Å². The number of piperidine rings is 1. The van der Waals surface area contributed by atoms with Gasteiger partial charge in [-0.15, -0.1) is 0 Å². The van der Waals surface area contributed by atoms with E-state index in [1.165, 1.54) is 12.8 Å². The summed E-state index contributed by atoms with van der Waals surface area (Å²) in [5.41, 5.74) is 0. The van der Waals surface area contributed by atoms with E-state index in [4.69, 9.17) is 9.47 Å². The van der Waals surface area contributed by atoms with Gasteiger partial charge in [0.15, 0.2) is 6.29 Å². The van der Waals surface area contributed by atoms with Crippen molar-refractivity contribution in [2.24, 2.45) is 5.92 Å². The Morgan fingerprint density at radius 1 is 1.27 bits per heavy atom. The molecular weight excluding hydrogens is 192 g/mol. The van der Waals surface area contributed by atoms with Gasteiger partial charge >= 0.3 is 0 Å². The summed E-state index contributed by atoms with van der Waals surface area (Å²) in [6.45, 7) is 4.36. The Hall–Kier alpha value is -0.160. The molecule has 0 bridgehead atoms. The van der Waals surface area contributed by atoms with Crippen LogP contribution in [0.3, 0.4) is 0 Å². The maximum atomic E-state index is 5.20. The second kappa shape index (κ2) is 7.17. The summed E-state index contributed by atoms with van der Waals surface area (Å²) in [5, 5.41) is 3.25. The Kier molecular flexibility index (Phi) is 6.17. The van der Waals surface area contributed by atoms with E-state index in [1.54, 1.807) is 14.2 Å². The van der Waals surface area contributed by atoms with Crippen LogP contribution in [0.5, 0.6) is 0 Å². The Balaban J connectivity index is 2.19. The molecule has 0 radical (unpaired) electrons. The maximum absolute atomic E-state index is 5.20. The number of nitrogens with one attached hydrogen (secondary N) is 1. The predicted molar refractivity (Wildman–Crippen MR) is 60.9 cm³/mol. The molecule has 0 aliphatic carbocycles. The number of likely N-dealkylation sites (tertiary alicyclic amines) is 1. The van der Waals surface area contributed by atoms with Gasteiger partial charge < -0.3 is 14.8 Å². The summed E-state index contributed by atoms with van der Waals surface area (Å²) in [5.74, 6) is 0.842. The van der Waals surface area contributed by atoms with Crippen LogP contribution < -0.4 is 5.32 Å². The molecule has 1 N–H and O–H groups in total. The van der Waals surface area contributed by atoms with Crippen molar-refractivity contribution >= 4 is 0 Å². The highest BCUT2D eigenvalue weighted by Gasteiger charge is 2.20. The van der Waals surface area contributed by atoms with Crippen LogP contribution in [-0.2, 0) is 9.47 Å². The van der Waals surface area contributed by atoms with Crippen molar-refractivity contribution in [1.29, 1.82) is 0 Å². The predicted octanol–water partition coefficient (Wildman–Crippen LogP) is 0.537. The highest BCUT2D eigenvalue weighted by Crippen LogP contribution is 2.16. The summed E-state index contributed by atoms with van der Waals surface area (Å²) in [6.07, 6.45) is 2.48. The lowest BCUT2D eigenvalue weighted by molar-refractivity contribution is -0.118. The molecule has 1 saturated heterocycles. The van der Waals surface area contributed by atoms with E-state index in [0.717, 1.165) is 32.1 Å². The molecule has 90 valence electrons. The highest BCUT2D eigenvalue weighted by atomic mass is 16.7. The Bertz CT molecular complexity index is 155. The third kappa shape index (κ3) is 4.47. The van der Waals surface area contributed by atoms with Crippen LogP contribution in [0, 0.1) is 5.92 Å². The first-order valence-corrected chi connectivity index (χ1v) is 5.72. The molecular formula is C11H24N2O2. The molecule has 1 fully saturated rings. The fourth-order valence-electron chi connectivity index (χ4n) is 2.12. The number of hydrogen-bond donors (Lipinski definition) is 1. The smallest absolute Gasteiger partial charge is 0.169 e. The first-order valence-electron chi connectivity index (χ1n) is 5.72. The van der Waals surface area contributed by atoms with Crippen LogP contribution in [0.15, 0.2) is 0 Å². The van der Waals surface area contributed by atoms with Gasteiger partial charge in [-0.3, -0.25) is 4.90 Å². The standard InChI is InChI=1S/C11H24N2O2/c1-12-8-10-4-6-13(7-5-10)9-11(14-2)15-3/h10-12H,4-9H2,1-3H3. The molecule has 1 rings (SSSR count). The van der Waals surface area contributed by atoms with Crippen molar-refractivity contribution in [3.63, 3.8) is 0 Å². The first-order chi connectivity index (χ1) is 7.30. The average molecular weight is 216 g/mol. The molecule has 15 heavy (non-hydrogen) atoms. The van der Waals surface area contributed by atoms with E-state index in [9.17, 15) is 0 Å². The van der Waals surface area contributed by atoms with Gasteiger partial charge in [-0.25, -0.2) is 0 Å². The molecule has 0 aromatic rings. The Morgan fingerprint density at radius 2 is 1.87 bits per heavy atom. The summed E-state index contributed by atoms with van der Waals surface area (Å²) in [6, 6.07) is 0. The molecule has 1 aliphatic rings. The summed E-state index contributed by atoms with van der Waals surface area (Å²) < 4.78 is 10.4. The van der Waals surface area contributed by atoms with Gasteiger partial charge in [0.25, 0.3) is 0 Å². The van der Waals surface area contributed by atoms with Crippen LogP contribution in [0.1, 0.15) is 12.8 Å². The minimum atomic E-state index is -0.0779. The molecule has 0 unspecified atom stereocenters. The van der Waals surface area contributed by atoms with Crippen molar-refractivity contribution in [2.75, 3.05) is 47.4 Å². The van der Waals surface area contributed by atoms with Crippen molar-refractivity contribution in [2.45, 2.75) is 19.1 Å². The molecule has 0 spiro atoms. The SMILES string of the molecule is CNCC1CCN(CC(OC)OC)CC1. The zero-order valence-corrected chi connectivity index (χ0v) is 10.2. The van der Waals surface area contributed by atoms with E-state index >= 15 is 0 Å². The number of hydrogen-bond acceptors (Lipinski definition) is 4. The normalized spacial score (nSPS) is 20.0. The van der Waals surface area contributed by atoms with Crippen molar-refractivity contribution < 1.29 is 9.47 Å². The first kappa shape index (κ1) is 12.9. The van der Waals surface area contributed by atoms with Gasteiger partial charge in [0.1, 0.15) is 0 Å². The van der Waals surface area contributed by atoms with E-state index in [2.05, 4.69) is 10.2 Å². The second-order valence-electron chi connectivity index (χ2n) is 4.20. The van der Waals surface area contributed by atoms with E-state index < -0.39 is 0 Å². The zero-order valence-electron chi connectivity index (χ0n) is 10.2. The summed E-state index contributed by atoms with van der Waals surface area (Å²) >= 11 is 0. The maximum Gasteiger partial charge on any atom is 0.169 e. The minimum Gasteiger partial charge on any atom is -0.355 e. The van der Waals surface area contributed by atoms with Crippen LogP contribution in [0.25, 0.3) is 0 Å². The average Bonchev–Trinajstić information content (AvgIpc) is 2.28.